The molecule has 0 aliphatic rings. The molecule has 2 rings (SSSR count). The van der Waals surface area contributed by atoms with Crippen molar-refractivity contribution in [2.75, 3.05) is 19.5 Å². The van der Waals surface area contributed by atoms with Crippen LogP contribution in [-0.2, 0) is 17.9 Å². The van der Waals surface area contributed by atoms with E-state index in [2.05, 4.69) is 17.4 Å². The molecular weight excluding hydrogens is 274 g/mol. The van der Waals surface area contributed by atoms with Crippen molar-refractivity contribution in [3.8, 4) is 5.75 Å². The molecule has 2 aromatic rings. The van der Waals surface area contributed by atoms with Gasteiger partial charge in [-0.25, -0.2) is 0 Å². The fraction of sp³-hybridized carbons (Fsp3) is 0.250. The number of nitrogens with one attached hydrogen (secondary N) is 1. The molecule has 106 valence electrons. The third-order valence-corrected chi connectivity index (χ3v) is 3.28. The van der Waals surface area contributed by atoms with Gasteiger partial charge in [-0.15, -0.1) is 0 Å². The lowest BCUT2D eigenvalue weighted by molar-refractivity contribution is 0.184. The first kappa shape index (κ1) is 14.7. The number of hydrogen-bond acceptors (Lipinski definition) is 3. The summed E-state index contributed by atoms with van der Waals surface area (Å²) in [6.07, 6.45) is 0. The lowest BCUT2D eigenvalue weighted by atomic mass is 10.1. The fourth-order valence-corrected chi connectivity index (χ4v) is 2.21. The minimum Gasteiger partial charge on any atom is -0.495 e. The van der Waals surface area contributed by atoms with Gasteiger partial charge in [0, 0.05) is 18.7 Å². The van der Waals surface area contributed by atoms with Crippen molar-refractivity contribution in [1.29, 1.82) is 0 Å². The van der Waals surface area contributed by atoms with E-state index in [1.54, 1.807) is 14.2 Å². The molecule has 0 heterocycles. The summed E-state index contributed by atoms with van der Waals surface area (Å²) in [6, 6.07) is 13.7. The quantitative estimate of drug-likeness (QED) is 0.869. The second kappa shape index (κ2) is 7.17. The molecule has 4 heteroatoms. The van der Waals surface area contributed by atoms with Gasteiger partial charge in [0.05, 0.1) is 19.4 Å². The summed E-state index contributed by atoms with van der Waals surface area (Å²) >= 11 is 6.02. The van der Waals surface area contributed by atoms with Gasteiger partial charge >= 0.3 is 0 Å². The lowest BCUT2D eigenvalue weighted by Gasteiger charge is -2.13. The minimum atomic E-state index is 0.602. The summed E-state index contributed by atoms with van der Waals surface area (Å²) in [7, 11) is 3.34. The molecule has 0 radical (unpaired) electrons. The standard InChI is InChI=1S/C16H18ClNO2/c1-19-11-13-6-4-3-5-12(13)10-18-15-9-14(17)7-8-16(15)20-2/h3-9,18H,10-11H2,1-2H3. The molecule has 1 N–H and O–H groups in total. The highest BCUT2D eigenvalue weighted by molar-refractivity contribution is 6.30. The smallest absolute Gasteiger partial charge is 0.142 e. The van der Waals surface area contributed by atoms with Crippen LogP contribution >= 0.6 is 11.6 Å². The van der Waals surface area contributed by atoms with E-state index in [0.29, 0.717) is 18.2 Å². The number of hydrogen-bond donors (Lipinski definition) is 1. The second-order valence-corrected chi connectivity index (χ2v) is 4.84. The Kier molecular flexibility index (Phi) is 5.27. The highest BCUT2D eigenvalue weighted by Gasteiger charge is 2.05. The summed E-state index contributed by atoms with van der Waals surface area (Å²) in [6.45, 7) is 1.29. The van der Waals surface area contributed by atoms with Crippen LogP contribution in [0.25, 0.3) is 0 Å². The van der Waals surface area contributed by atoms with Crippen LogP contribution < -0.4 is 10.1 Å². The van der Waals surface area contributed by atoms with Gasteiger partial charge in [0.2, 0.25) is 0 Å². The fourth-order valence-electron chi connectivity index (χ4n) is 2.04. The SMILES string of the molecule is COCc1ccccc1CNc1cc(Cl)ccc1OC. The maximum absolute atomic E-state index is 6.02. The van der Waals surface area contributed by atoms with E-state index in [0.717, 1.165) is 11.4 Å². The zero-order valence-corrected chi connectivity index (χ0v) is 12.4. The Morgan fingerprint density at radius 1 is 1.05 bits per heavy atom. The van der Waals surface area contributed by atoms with Gasteiger partial charge in [-0.2, -0.15) is 0 Å². The van der Waals surface area contributed by atoms with Crippen LogP contribution in [0.2, 0.25) is 5.02 Å². The van der Waals surface area contributed by atoms with E-state index in [1.165, 1.54) is 11.1 Å². The zero-order valence-electron chi connectivity index (χ0n) is 11.7. The first-order valence-corrected chi connectivity index (χ1v) is 6.75. The van der Waals surface area contributed by atoms with Crippen LogP contribution in [0.1, 0.15) is 11.1 Å². The van der Waals surface area contributed by atoms with Crippen molar-refractivity contribution in [1.82, 2.24) is 0 Å². The summed E-state index contributed by atoms with van der Waals surface area (Å²) in [5, 5.41) is 4.03. The summed E-state index contributed by atoms with van der Waals surface area (Å²) in [5.74, 6) is 0.777. The highest BCUT2D eigenvalue weighted by atomic mass is 35.5. The molecule has 0 amide bonds. The second-order valence-electron chi connectivity index (χ2n) is 4.40. The molecule has 0 spiro atoms. The van der Waals surface area contributed by atoms with Crippen LogP contribution in [0, 0.1) is 0 Å². The molecule has 3 nitrogen and oxygen atoms in total. The van der Waals surface area contributed by atoms with Gasteiger partial charge in [-0.1, -0.05) is 35.9 Å². The number of ether oxygens (including phenoxy) is 2. The van der Waals surface area contributed by atoms with Gasteiger partial charge in [0.1, 0.15) is 5.75 Å². The molecule has 0 saturated heterocycles. The Morgan fingerprint density at radius 3 is 2.50 bits per heavy atom. The van der Waals surface area contributed by atoms with Crippen LogP contribution in [0.4, 0.5) is 5.69 Å². The number of anilines is 1. The van der Waals surface area contributed by atoms with Crippen molar-refractivity contribution >= 4 is 17.3 Å². The van der Waals surface area contributed by atoms with Crippen molar-refractivity contribution in [2.24, 2.45) is 0 Å². The average Bonchev–Trinajstić information content (AvgIpc) is 2.47. The van der Waals surface area contributed by atoms with E-state index in [-0.39, 0.29) is 0 Å². The third-order valence-electron chi connectivity index (χ3n) is 3.05. The van der Waals surface area contributed by atoms with E-state index >= 15 is 0 Å². The van der Waals surface area contributed by atoms with Crippen molar-refractivity contribution in [2.45, 2.75) is 13.2 Å². The number of methoxy groups -OCH3 is 2. The minimum absolute atomic E-state index is 0.602. The van der Waals surface area contributed by atoms with Gasteiger partial charge in [-0.05, 0) is 29.3 Å². The maximum Gasteiger partial charge on any atom is 0.142 e. The molecular formula is C16H18ClNO2. The Hall–Kier alpha value is -1.71. The number of benzene rings is 2. The predicted octanol–water partition coefficient (Wildman–Crippen LogP) is 4.11. The molecule has 0 atom stereocenters. The van der Waals surface area contributed by atoms with E-state index in [1.807, 2.05) is 30.3 Å². The normalized spacial score (nSPS) is 10.3. The van der Waals surface area contributed by atoms with Gasteiger partial charge in [0.25, 0.3) is 0 Å². The molecule has 0 aliphatic carbocycles. The molecule has 0 unspecified atom stereocenters. The topological polar surface area (TPSA) is 30.5 Å². The first-order valence-electron chi connectivity index (χ1n) is 6.37. The molecule has 0 saturated carbocycles. The summed E-state index contributed by atoms with van der Waals surface area (Å²) < 4.78 is 10.5. The number of rotatable bonds is 6. The molecule has 0 aliphatic heterocycles. The van der Waals surface area contributed by atoms with E-state index in [4.69, 9.17) is 21.1 Å². The summed E-state index contributed by atoms with van der Waals surface area (Å²) in [5.41, 5.74) is 3.24. The van der Waals surface area contributed by atoms with Crippen LogP contribution in [0.3, 0.4) is 0 Å². The van der Waals surface area contributed by atoms with Crippen molar-refractivity contribution in [3.05, 3.63) is 58.6 Å². The molecule has 0 aromatic heterocycles. The van der Waals surface area contributed by atoms with Crippen LogP contribution in [0.15, 0.2) is 42.5 Å². The lowest BCUT2D eigenvalue weighted by Crippen LogP contribution is -2.04. The molecule has 2 aromatic carbocycles. The number of halogens is 1. The Morgan fingerprint density at radius 2 is 1.80 bits per heavy atom. The average molecular weight is 292 g/mol. The van der Waals surface area contributed by atoms with Gasteiger partial charge in [0.15, 0.2) is 0 Å². The monoisotopic (exact) mass is 291 g/mol. The van der Waals surface area contributed by atoms with Crippen molar-refractivity contribution in [3.63, 3.8) is 0 Å². The maximum atomic E-state index is 6.02. The molecule has 0 fully saturated rings. The van der Waals surface area contributed by atoms with Crippen molar-refractivity contribution < 1.29 is 9.47 Å². The van der Waals surface area contributed by atoms with Gasteiger partial charge in [-0.3, -0.25) is 0 Å². The molecule has 20 heavy (non-hydrogen) atoms. The summed E-state index contributed by atoms with van der Waals surface area (Å²) in [4.78, 5) is 0. The van der Waals surface area contributed by atoms with Crippen LogP contribution in [-0.4, -0.2) is 14.2 Å². The van der Waals surface area contributed by atoms with Crippen LogP contribution in [0.5, 0.6) is 5.75 Å². The molecule has 0 bridgehead atoms. The zero-order chi connectivity index (χ0) is 14.4. The Balaban J connectivity index is 2.14. The highest BCUT2D eigenvalue weighted by Crippen LogP contribution is 2.28. The predicted molar refractivity (Wildman–Crippen MR) is 82.5 cm³/mol. The Labute approximate surface area is 124 Å². The van der Waals surface area contributed by atoms with E-state index < -0.39 is 0 Å². The Bertz CT molecular complexity index is 572. The van der Waals surface area contributed by atoms with Gasteiger partial charge < -0.3 is 14.8 Å². The first-order chi connectivity index (χ1) is 9.74. The third kappa shape index (κ3) is 3.65. The van der Waals surface area contributed by atoms with E-state index in [9.17, 15) is 0 Å². The largest absolute Gasteiger partial charge is 0.495 e.